The summed E-state index contributed by atoms with van der Waals surface area (Å²) < 4.78 is 0. The second kappa shape index (κ2) is 6.35. The SMILES string of the molecule is Cc1cc(CN)cnc1N(C)CC1CCN(C)CC1. The van der Waals surface area contributed by atoms with Gasteiger partial charge < -0.3 is 15.5 Å². The highest BCUT2D eigenvalue weighted by atomic mass is 15.2. The molecular weight excluding hydrogens is 236 g/mol. The van der Waals surface area contributed by atoms with Crippen LogP contribution in [0.15, 0.2) is 12.3 Å². The molecule has 0 aliphatic carbocycles. The van der Waals surface area contributed by atoms with Gasteiger partial charge in [-0.1, -0.05) is 0 Å². The topological polar surface area (TPSA) is 45.4 Å². The van der Waals surface area contributed by atoms with Crippen molar-refractivity contribution in [1.29, 1.82) is 0 Å². The highest BCUT2D eigenvalue weighted by Gasteiger charge is 2.19. The predicted octanol–water partition coefficient (Wildman–Crippen LogP) is 1.63. The van der Waals surface area contributed by atoms with Gasteiger partial charge in [0.05, 0.1) is 0 Å². The Bertz CT molecular complexity index is 411. The molecule has 2 rings (SSSR count). The van der Waals surface area contributed by atoms with Crippen molar-refractivity contribution in [2.75, 3.05) is 38.6 Å². The molecule has 0 saturated carbocycles. The van der Waals surface area contributed by atoms with Gasteiger partial charge in [0, 0.05) is 26.3 Å². The van der Waals surface area contributed by atoms with Crippen molar-refractivity contribution in [2.24, 2.45) is 11.7 Å². The molecule has 0 spiro atoms. The number of pyridine rings is 1. The highest BCUT2D eigenvalue weighted by molar-refractivity contribution is 5.46. The van der Waals surface area contributed by atoms with E-state index in [0.717, 1.165) is 23.8 Å². The minimum absolute atomic E-state index is 0.562. The second-order valence-corrected chi connectivity index (χ2v) is 5.82. The smallest absolute Gasteiger partial charge is 0.131 e. The zero-order valence-electron chi connectivity index (χ0n) is 12.4. The lowest BCUT2D eigenvalue weighted by Crippen LogP contribution is -2.36. The number of nitrogens with zero attached hydrogens (tertiary/aromatic N) is 3. The van der Waals surface area contributed by atoms with E-state index < -0.39 is 0 Å². The maximum atomic E-state index is 5.65. The average molecular weight is 262 g/mol. The summed E-state index contributed by atoms with van der Waals surface area (Å²) in [5.41, 5.74) is 7.98. The Morgan fingerprint density at radius 2 is 2.11 bits per heavy atom. The van der Waals surface area contributed by atoms with Crippen LogP contribution in [-0.2, 0) is 6.54 Å². The van der Waals surface area contributed by atoms with Crippen molar-refractivity contribution in [3.63, 3.8) is 0 Å². The molecule has 2 N–H and O–H groups in total. The van der Waals surface area contributed by atoms with E-state index in [1.165, 1.54) is 31.5 Å². The summed E-state index contributed by atoms with van der Waals surface area (Å²) in [4.78, 5) is 9.27. The number of rotatable bonds is 4. The summed E-state index contributed by atoms with van der Waals surface area (Å²) >= 11 is 0. The number of aromatic nitrogens is 1. The Labute approximate surface area is 116 Å². The first kappa shape index (κ1) is 14.3. The summed E-state index contributed by atoms with van der Waals surface area (Å²) in [5, 5.41) is 0. The van der Waals surface area contributed by atoms with Crippen LogP contribution in [0, 0.1) is 12.8 Å². The molecule has 1 aromatic rings. The van der Waals surface area contributed by atoms with Crippen LogP contribution in [0.4, 0.5) is 5.82 Å². The number of hydrogen-bond donors (Lipinski definition) is 1. The van der Waals surface area contributed by atoms with Crippen LogP contribution in [0.5, 0.6) is 0 Å². The Morgan fingerprint density at radius 3 is 2.68 bits per heavy atom. The minimum Gasteiger partial charge on any atom is -0.359 e. The van der Waals surface area contributed by atoms with Crippen LogP contribution < -0.4 is 10.6 Å². The van der Waals surface area contributed by atoms with Gasteiger partial charge >= 0.3 is 0 Å². The number of piperidine rings is 1. The lowest BCUT2D eigenvalue weighted by Gasteiger charge is -2.32. The molecule has 19 heavy (non-hydrogen) atoms. The molecule has 0 unspecified atom stereocenters. The number of nitrogens with two attached hydrogens (primary N) is 1. The summed E-state index contributed by atoms with van der Waals surface area (Å²) in [6, 6.07) is 2.15. The fourth-order valence-corrected chi connectivity index (χ4v) is 2.86. The zero-order chi connectivity index (χ0) is 13.8. The first-order chi connectivity index (χ1) is 9.10. The van der Waals surface area contributed by atoms with E-state index in [4.69, 9.17) is 5.73 Å². The molecule has 0 radical (unpaired) electrons. The summed E-state index contributed by atoms with van der Waals surface area (Å²) in [6.07, 6.45) is 4.48. The molecule has 4 nitrogen and oxygen atoms in total. The van der Waals surface area contributed by atoms with E-state index in [1.807, 2.05) is 6.20 Å². The number of anilines is 1. The van der Waals surface area contributed by atoms with Gasteiger partial charge in [0.2, 0.25) is 0 Å². The monoisotopic (exact) mass is 262 g/mol. The molecule has 1 aliphatic rings. The molecular formula is C15H26N4. The van der Waals surface area contributed by atoms with Crippen LogP contribution >= 0.6 is 0 Å². The number of hydrogen-bond acceptors (Lipinski definition) is 4. The standard InChI is InChI=1S/C15H26N4/c1-12-8-14(9-16)10-17-15(12)19(3)11-13-4-6-18(2)7-5-13/h8,10,13H,4-7,9,11,16H2,1-3H3. The van der Waals surface area contributed by atoms with Gasteiger partial charge in [-0.2, -0.15) is 0 Å². The van der Waals surface area contributed by atoms with Gasteiger partial charge in [0.1, 0.15) is 5.82 Å². The second-order valence-electron chi connectivity index (χ2n) is 5.82. The van der Waals surface area contributed by atoms with Gasteiger partial charge in [-0.3, -0.25) is 0 Å². The fraction of sp³-hybridized carbons (Fsp3) is 0.667. The first-order valence-electron chi connectivity index (χ1n) is 7.15. The molecule has 1 aliphatic heterocycles. The van der Waals surface area contributed by atoms with Gasteiger partial charge in [-0.15, -0.1) is 0 Å². The van der Waals surface area contributed by atoms with Crippen molar-refractivity contribution in [3.05, 3.63) is 23.4 Å². The zero-order valence-corrected chi connectivity index (χ0v) is 12.4. The van der Waals surface area contributed by atoms with Crippen molar-refractivity contribution < 1.29 is 0 Å². The van der Waals surface area contributed by atoms with Crippen LogP contribution in [0.2, 0.25) is 0 Å². The molecule has 106 valence electrons. The van der Waals surface area contributed by atoms with Crippen LogP contribution in [0.3, 0.4) is 0 Å². The number of aryl methyl sites for hydroxylation is 1. The molecule has 0 aromatic carbocycles. The lowest BCUT2D eigenvalue weighted by molar-refractivity contribution is 0.222. The predicted molar refractivity (Wildman–Crippen MR) is 80.4 cm³/mol. The van der Waals surface area contributed by atoms with Crippen LogP contribution in [-0.4, -0.2) is 43.6 Å². The Hall–Kier alpha value is -1.13. The fourth-order valence-electron chi connectivity index (χ4n) is 2.86. The Kier molecular flexibility index (Phi) is 4.77. The molecule has 2 heterocycles. The maximum absolute atomic E-state index is 5.65. The third kappa shape index (κ3) is 3.67. The van der Waals surface area contributed by atoms with Gasteiger partial charge in [0.25, 0.3) is 0 Å². The Morgan fingerprint density at radius 1 is 1.42 bits per heavy atom. The van der Waals surface area contributed by atoms with E-state index in [0.29, 0.717) is 6.54 Å². The van der Waals surface area contributed by atoms with Gasteiger partial charge in [-0.05, 0) is 63.0 Å². The summed E-state index contributed by atoms with van der Waals surface area (Å²) in [7, 11) is 4.35. The first-order valence-corrected chi connectivity index (χ1v) is 7.15. The molecule has 0 atom stereocenters. The molecule has 1 saturated heterocycles. The minimum atomic E-state index is 0.562. The van der Waals surface area contributed by atoms with Crippen molar-refractivity contribution in [1.82, 2.24) is 9.88 Å². The van der Waals surface area contributed by atoms with Crippen molar-refractivity contribution >= 4 is 5.82 Å². The summed E-state index contributed by atoms with van der Waals surface area (Å²) in [6.45, 7) is 6.22. The van der Waals surface area contributed by atoms with Gasteiger partial charge in [0.15, 0.2) is 0 Å². The van der Waals surface area contributed by atoms with E-state index in [-0.39, 0.29) is 0 Å². The van der Waals surface area contributed by atoms with Crippen molar-refractivity contribution in [2.45, 2.75) is 26.3 Å². The number of likely N-dealkylation sites (tertiary alicyclic amines) is 1. The normalized spacial score (nSPS) is 17.7. The van der Waals surface area contributed by atoms with Crippen molar-refractivity contribution in [3.8, 4) is 0 Å². The van der Waals surface area contributed by atoms with E-state index in [9.17, 15) is 0 Å². The maximum Gasteiger partial charge on any atom is 0.131 e. The third-order valence-corrected chi connectivity index (χ3v) is 4.07. The van der Waals surface area contributed by atoms with Crippen LogP contribution in [0.1, 0.15) is 24.0 Å². The third-order valence-electron chi connectivity index (χ3n) is 4.07. The van der Waals surface area contributed by atoms with E-state index in [2.05, 4.69) is 41.9 Å². The molecule has 1 aromatic heterocycles. The quantitative estimate of drug-likeness (QED) is 0.896. The summed E-state index contributed by atoms with van der Waals surface area (Å²) in [5.74, 6) is 1.88. The molecule has 0 amide bonds. The highest BCUT2D eigenvalue weighted by Crippen LogP contribution is 2.22. The largest absolute Gasteiger partial charge is 0.359 e. The molecule has 0 bridgehead atoms. The Balaban J connectivity index is 1.97. The average Bonchev–Trinajstić information content (AvgIpc) is 2.41. The molecule has 4 heteroatoms. The van der Waals surface area contributed by atoms with Gasteiger partial charge in [-0.25, -0.2) is 4.98 Å². The van der Waals surface area contributed by atoms with E-state index >= 15 is 0 Å². The van der Waals surface area contributed by atoms with E-state index in [1.54, 1.807) is 0 Å². The van der Waals surface area contributed by atoms with Crippen LogP contribution in [0.25, 0.3) is 0 Å². The lowest BCUT2D eigenvalue weighted by atomic mass is 9.96. The molecule has 1 fully saturated rings.